The third-order valence-electron chi connectivity index (χ3n) is 3.47. The topological polar surface area (TPSA) is 29.3 Å². The van der Waals surface area contributed by atoms with E-state index in [1.54, 1.807) is 0 Å². The molecular formula is C16H25N3. The second-order valence-electron chi connectivity index (χ2n) is 6.34. The SMILES string of the molecule is CCNC(CCC(C)(C)C)c1cnn2ccccc12. The molecule has 2 heterocycles. The Morgan fingerprint density at radius 1 is 1.32 bits per heavy atom. The third-order valence-corrected chi connectivity index (χ3v) is 3.47. The second-order valence-corrected chi connectivity index (χ2v) is 6.34. The van der Waals surface area contributed by atoms with Gasteiger partial charge in [-0.05, 0) is 36.9 Å². The Labute approximate surface area is 116 Å². The van der Waals surface area contributed by atoms with E-state index in [2.05, 4.69) is 50.2 Å². The molecule has 0 aliphatic heterocycles. The molecular weight excluding hydrogens is 234 g/mol. The van der Waals surface area contributed by atoms with Crippen LogP contribution in [0.1, 0.15) is 52.1 Å². The molecule has 3 nitrogen and oxygen atoms in total. The third kappa shape index (κ3) is 3.57. The molecule has 2 rings (SSSR count). The predicted molar refractivity (Wildman–Crippen MR) is 80.3 cm³/mol. The number of hydrogen-bond acceptors (Lipinski definition) is 2. The van der Waals surface area contributed by atoms with Gasteiger partial charge in [0.2, 0.25) is 0 Å². The lowest BCUT2D eigenvalue weighted by atomic mass is 9.87. The summed E-state index contributed by atoms with van der Waals surface area (Å²) in [7, 11) is 0. The normalized spacial score (nSPS) is 13.9. The maximum Gasteiger partial charge on any atom is 0.0709 e. The molecule has 1 N–H and O–H groups in total. The molecule has 0 fully saturated rings. The number of pyridine rings is 1. The smallest absolute Gasteiger partial charge is 0.0709 e. The Bertz CT molecular complexity index is 522. The average Bonchev–Trinajstić information content (AvgIpc) is 2.77. The van der Waals surface area contributed by atoms with E-state index < -0.39 is 0 Å². The van der Waals surface area contributed by atoms with Gasteiger partial charge in [0.25, 0.3) is 0 Å². The highest BCUT2D eigenvalue weighted by atomic mass is 15.2. The molecule has 104 valence electrons. The van der Waals surface area contributed by atoms with E-state index in [9.17, 15) is 0 Å². The first-order chi connectivity index (χ1) is 9.01. The Kier molecular flexibility index (Phi) is 4.25. The van der Waals surface area contributed by atoms with Gasteiger partial charge in [0.15, 0.2) is 0 Å². The molecule has 0 spiro atoms. The van der Waals surface area contributed by atoms with Crippen LogP contribution < -0.4 is 5.32 Å². The molecule has 1 unspecified atom stereocenters. The maximum absolute atomic E-state index is 4.44. The summed E-state index contributed by atoms with van der Waals surface area (Å²) in [4.78, 5) is 0. The van der Waals surface area contributed by atoms with Crippen LogP contribution in [0.4, 0.5) is 0 Å². The Hall–Kier alpha value is -1.35. The molecule has 2 aromatic rings. The minimum absolute atomic E-state index is 0.372. The van der Waals surface area contributed by atoms with E-state index in [1.165, 1.54) is 17.5 Å². The van der Waals surface area contributed by atoms with Crippen molar-refractivity contribution in [3.8, 4) is 0 Å². The van der Waals surface area contributed by atoms with Gasteiger partial charge >= 0.3 is 0 Å². The fourth-order valence-electron chi connectivity index (χ4n) is 2.41. The van der Waals surface area contributed by atoms with Crippen LogP contribution in [-0.2, 0) is 0 Å². The van der Waals surface area contributed by atoms with Crippen LogP contribution >= 0.6 is 0 Å². The molecule has 0 aliphatic rings. The van der Waals surface area contributed by atoms with Crippen molar-refractivity contribution in [1.29, 1.82) is 0 Å². The zero-order chi connectivity index (χ0) is 13.9. The first kappa shape index (κ1) is 14.1. The van der Waals surface area contributed by atoms with Crippen molar-refractivity contribution >= 4 is 5.52 Å². The van der Waals surface area contributed by atoms with Gasteiger partial charge < -0.3 is 5.32 Å². The minimum atomic E-state index is 0.372. The predicted octanol–water partition coefficient (Wildman–Crippen LogP) is 3.81. The second kappa shape index (κ2) is 5.74. The molecule has 19 heavy (non-hydrogen) atoms. The van der Waals surface area contributed by atoms with Crippen LogP contribution in [0.5, 0.6) is 0 Å². The summed E-state index contributed by atoms with van der Waals surface area (Å²) in [6.45, 7) is 10.0. The molecule has 2 aromatic heterocycles. The number of nitrogens with one attached hydrogen (secondary N) is 1. The summed E-state index contributed by atoms with van der Waals surface area (Å²) in [5, 5.41) is 8.04. The molecule has 1 atom stereocenters. The lowest BCUT2D eigenvalue weighted by Gasteiger charge is -2.23. The van der Waals surface area contributed by atoms with E-state index in [0.29, 0.717) is 11.5 Å². The van der Waals surface area contributed by atoms with Crippen LogP contribution in [0.15, 0.2) is 30.6 Å². The lowest BCUT2D eigenvalue weighted by Crippen LogP contribution is -2.22. The van der Waals surface area contributed by atoms with Gasteiger partial charge in [0.05, 0.1) is 11.7 Å². The van der Waals surface area contributed by atoms with Gasteiger partial charge in [-0.25, -0.2) is 4.52 Å². The summed E-state index contributed by atoms with van der Waals surface area (Å²) in [5.74, 6) is 0. The monoisotopic (exact) mass is 259 g/mol. The van der Waals surface area contributed by atoms with E-state index in [1.807, 2.05) is 23.0 Å². The fraction of sp³-hybridized carbons (Fsp3) is 0.562. The Balaban J connectivity index is 2.23. The highest BCUT2D eigenvalue weighted by Crippen LogP contribution is 2.29. The van der Waals surface area contributed by atoms with Crippen molar-refractivity contribution in [2.45, 2.75) is 46.6 Å². The van der Waals surface area contributed by atoms with Gasteiger partial charge in [-0.2, -0.15) is 5.10 Å². The van der Waals surface area contributed by atoms with Crippen molar-refractivity contribution < 1.29 is 0 Å². The van der Waals surface area contributed by atoms with Gasteiger partial charge in [0, 0.05) is 17.8 Å². The van der Waals surface area contributed by atoms with E-state index in [-0.39, 0.29) is 0 Å². The molecule has 0 bridgehead atoms. The maximum atomic E-state index is 4.44. The molecule has 0 aliphatic carbocycles. The number of rotatable bonds is 5. The molecule has 0 saturated carbocycles. The van der Waals surface area contributed by atoms with Crippen molar-refractivity contribution in [3.63, 3.8) is 0 Å². The lowest BCUT2D eigenvalue weighted by molar-refractivity contribution is 0.334. The van der Waals surface area contributed by atoms with Crippen molar-refractivity contribution in [2.75, 3.05) is 6.54 Å². The van der Waals surface area contributed by atoms with Gasteiger partial charge in [-0.1, -0.05) is 33.8 Å². The van der Waals surface area contributed by atoms with E-state index in [4.69, 9.17) is 0 Å². The van der Waals surface area contributed by atoms with Gasteiger partial charge in [-0.3, -0.25) is 0 Å². The first-order valence-electron chi connectivity index (χ1n) is 7.17. The highest BCUT2D eigenvalue weighted by Gasteiger charge is 2.18. The van der Waals surface area contributed by atoms with E-state index >= 15 is 0 Å². The molecule has 0 radical (unpaired) electrons. The molecule has 0 saturated heterocycles. The van der Waals surface area contributed by atoms with Crippen molar-refractivity contribution in [3.05, 3.63) is 36.2 Å². The van der Waals surface area contributed by atoms with Crippen molar-refractivity contribution in [1.82, 2.24) is 14.9 Å². The summed E-state index contributed by atoms with van der Waals surface area (Å²) < 4.78 is 1.96. The molecule has 0 aromatic carbocycles. The summed E-state index contributed by atoms with van der Waals surface area (Å²) >= 11 is 0. The molecule has 0 amide bonds. The first-order valence-corrected chi connectivity index (χ1v) is 7.17. The largest absolute Gasteiger partial charge is 0.310 e. The van der Waals surface area contributed by atoms with Gasteiger partial charge in [-0.15, -0.1) is 0 Å². The van der Waals surface area contributed by atoms with Gasteiger partial charge in [0.1, 0.15) is 0 Å². The van der Waals surface area contributed by atoms with Crippen LogP contribution in [0, 0.1) is 5.41 Å². The van der Waals surface area contributed by atoms with E-state index in [0.717, 1.165) is 13.0 Å². The zero-order valence-electron chi connectivity index (χ0n) is 12.5. The number of hydrogen-bond donors (Lipinski definition) is 1. The number of aromatic nitrogens is 2. The highest BCUT2D eigenvalue weighted by molar-refractivity contribution is 5.54. The fourth-order valence-corrected chi connectivity index (χ4v) is 2.41. The minimum Gasteiger partial charge on any atom is -0.310 e. The Morgan fingerprint density at radius 2 is 2.11 bits per heavy atom. The van der Waals surface area contributed by atoms with Crippen LogP contribution in [0.2, 0.25) is 0 Å². The zero-order valence-corrected chi connectivity index (χ0v) is 12.5. The molecule has 3 heteroatoms. The van der Waals surface area contributed by atoms with Crippen molar-refractivity contribution in [2.24, 2.45) is 5.41 Å². The Morgan fingerprint density at radius 3 is 2.79 bits per heavy atom. The number of nitrogens with zero attached hydrogens (tertiary/aromatic N) is 2. The standard InChI is InChI=1S/C16H25N3/c1-5-17-14(9-10-16(2,3)4)13-12-18-19-11-7-6-8-15(13)19/h6-8,11-12,14,17H,5,9-10H2,1-4H3. The average molecular weight is 259 g/mol. The van der Waals surface area contributed by atoms with Crippen LogP contribution in [0.3, 0.4) is 0 Å². The number of fused-ring (bicyclic) bond motifs is 1. The van der Waals surface area contributed by atoms with Crippen LogP contribution in [-0.4, -0.2) is 16.2 Å². The quantitative estimate of drug-likeness (QED) is 0.884. The summed E-state index contributed by atoms with van der Waals surface area (Å²) in [5.41, 5.74) is 2.89. The summed E-state index contributed by atoms with van der Waals surface area (Å²) in [6.07, 6.45) is 6.36. The summed E-state index contributed by atoms with van der Waals surface area (Å²) in [6, 6.07) is 6.63. The van der Waals surface area contributed by atoms with Crippen LogP contribution in [0.25, 0.3) is 5.52 Å².